The Bertz CT molecular complexity index is 1010. The molecule has 0 aromatic heterocycles. The number of hydrogen-bond donors (Lipinski definition) is 2. The van der Waals surface area contributed by atoms with Crippen molar-refractivity contribution in [3.63, 3.8) is 0 Å². The lowest BCUT2D eigenvalue weighted by atomic mass is 10.0. The van der Waals surface area contributed by atoms with Crippen LogP contribution in [0, 0.1) is 34.6 Å². The van der Waals surface area contributed by atoms with Gasteiger partial charge in [0, 0.05) is 11.4 Å². The standard InChI is InChI=1S/C23H26N2O2/c1-13-10-18(6-8-20(13)24)26-22-12-15(3)23(17(5)16(22)4)27-19-7-9-21(25)14(2)11-19/h6-12H,24-25H2,1-5H3. The summed E-state index contributed by atoms with van der Waals surface area (Å²) in [5, 5.41) is 0. The molecule has 0 aliphatic heterocycles. The number of anilines is 2. The van der Waals surface area contributed by atoms with Crippen molar-refractivity contribution in [3.05, 3.63) is 70.3 Å². The molecule has 0 saturated heterocycles. The molecule has 0 saturated carbocycles. The van der Waals surface area contributed by atoms with Crippen molar-refractivity contribution in [2.24, 2.45) is 0 Å². The van der Waals surface area contributed by atoms with Crippen LogP contribution in [0.15, 0.2) is 42.5 Å². The lowest BCUT2D eigenvalue weighted by Gasteiger charge is -2.18. The van der Waals surface area contributed by atoms with E-state index in [1.165, 1.54) is 0 Å². The van der Waals surface area contributed by atoms with Crippen molar-refractivity contribution in [3.8, 4) is 23.0 Å². The highest BCUT2D eigenvalue weighted by Gasteiger charge is 2.14. The highest BCUT2D eigenvalue weighted by atomic mass is 16.5. The number of rotatable bonds is 4. The Morgan fingerprint density at radius 2 is 1.11 bits per heavy atom. The maximum absolute atomic E-state index is 6.17. The van der Waals surface area contributed by atoms with Crippen molar-refractivity contribution in [2.75, 3.05) is 11.5 Å². The normalized spacial score (nSPS) is 10.7. The molecule has 0 spiro atoms. The van der Waals surface area contributed by atoms with Gasteiger partial charge in [-0.25, -0.2) is 0 Å². The van der Waals surface area contributed by atoms with Gasteiger partial charge in [-0.3, -0.25) is 0 Å². The maximum Gasteiger partial charge on any atom is 0.133 e. The molecule has 140 valence electrons. The van der Waals surface area contributed by atoms with Gasteiger partial charge in [0.1, 0.15) is 23.0 Å². The molecule has 3 rings (SSSR count). The Hall–Kier alpha value is -3.14. The van der Waals surface area contributed by atoms with Crippen LogP contribution in [0.1, 0.15) is 27.8 Å². The lowest BCUT2D eigenvalue weighted by molar-refractivity contribution is 0.459. The zero-order valence-corrected chi connectivity index (χ0v) is 16.5. The van der Waals surface area contributed by atoms with E-state index in [9.17, 15) is 0 Å². The molecular weight excluding hydrogens is 336 g/mol. The first-order valence-electron chi connectivity index (χ1n) is 8.95. The third-order valence-corrected chi connectivity index (χ3v) is 4.91. The van der Waals surface area contributed by atoms with E-state index in [1.807, 2.05) is 77.1 Å². The monoisotopic (exact) mass is 362 g/mol. The number of nitrogen functional groups attached to an aromatic ring is 2. The van der Waals surface area contributed by atoms with Gasteiger partial charge in [0.2, 0.25) is 0 Å². The van der Waals surface area contributed by atoms with E-state index in [0.29, 0.717) is 0 Å². The topological polar surface area (TPSA) is 70.5 Å². The molecule has 0 amide bonds. The predicted molar refractivity (Wildman–Crippen MR) is 112 cm³/mol. The van der Waals surface area contributed by atoms with Gasteiger partial charge >= 0.3 is 0 Å². The summed E-state index contributed by atoms with van der Waals surface area (Å²) in [6.07, 6.45) is 0. The van der Waals surface area contributed by atoms with E-state index in [1.54, 1.807) is 0 Å². The van der Waals surface area contributed by atoms with Gasteiger partial charge in [0.25, 0.3) is 0 Å². The lowest BCUT2D eigenvalue weighted by Crippen LogP contribution is -1.98. The molecule has 0 atom stereocenters. The van der Waals surface area contributed by atoms with Crippen LogP contribution in [0.25, 0.3) is 0 Å². The first-order valence-corrected chi connectivity index (χ1v) is 8.95. The fourth-order valence-electron chi connectivity index (χ4n) is 2.95. The number of benzene rings is 3. The minimum atomic E-state index is 0.758. The van der Waals surface area contributed by atoms with Crippen LogP contribution in [-0.2, 0) is 0 Å². The van der Waals surface area contributed by atoms with Crippen molar-refractivity contribution in [1.29, 1.82) is 0 Å². The second-order valence-corrected chi connectivity index (χ2v) is 7.01. The SMILES string of the molecule is Cc1cc(Oc2cc(C)c(Oc3ccc(N)c(C)c3)c(C)c2C)ccc1N. The van der Waals surface area contributed by atoms with Crippen LogP contribution < -0.4 is 20.9 Å². The van der Waals surface area contributed by atoms with Gasteiger partial charge in [-0.1, -0.05) is 0 Å². The quantitative estimate of drug-likeness (QED) is 0.560. The van der Waals surface area contributed by atoms with Crippen molar-refractivity contribution < 1.29 is 9.47 Å². The summed E-state index contributed by atoms with van der Waals surface area (Å²) in [5.41, 5.74) is 18.4. The zero-order chi connectivity index (χ0) is 19.7. The molecule has 4 N–H and O–H groups in total. The van der Waals surface area contributed by atoms with Gasteiger partial charge in [0.15, 0.2) is 0 Å². The fraction of sp³-hybridized carbons (Fsp3) is 0.217. The Morgan fingerprint density at radius 1 is 0.593 bits per heavy atom. The molecule has 0 heterocycles. The number of aryl methyl sites for hydroxylation is 3. The first kappa shape index (κ1) is 18.6. The minimum Gasteiger partial charge on any atom is -0.457 e. The molecule has 3 aromatic rings. The number of ether oxygens (including phenoxy) is 2. The average molecular weight is 362 g/mol. The van der Waals surface area contributed by atoms with Gasteiger partial charge in [-0.2, -0.15) is 0 Å². The van der Waals surface area contributed by atoms with Gasteiger partial charge in [0.05, 0.1) is 0 Å². The van der Waals surface area contributed by atoms with Crippen LogP contribution >= 0.6 is 0 Å². The van der Waals surface area contributed by atoms with Crippen LogP contribution in [-0.4, -0.2) is 0 Å². The molecule has 0 fully saturated rings. The largest absolute Gasteiger partial charge is 0.457 e. The molecule has 0 aliphatic rings. The molecule has 0 aliphatic carbocycles. The van der Waals surface area contributed by atoms with E-state index in [-0.39, 0.29) is 0 Å². The van der Waals surface area contributed by atoms with Crippen LogP contribution in [0.4, 0.5) is 11.4 Å². The zero-order valence-electron chi connectivity index (χ0n) is 16.5. The summed E-state index contributed by atoms with van der Waals surface area (Å²) in [4.78, 5) is 0. The Morgan fingerprint density at radius 3 is 1.63 bits per heavy atom. The summed E-state index contributed by atoms with van der Waals surface area (Å²) in [6.45, 7) is 10.0. The molecule has 27 heavy (non-hydrogen) atoms. The van der Waals surface area contributed by atoms with Crippen LogP contribution in [0.5, 0.6) is 23.0 Å². The van der Waals surface area contributed by atoms with Crippen molar-refractivity contribution >= 4 is 11.4 Å². The van der Waals surface area contributed by atoms with E-state index >= 15 is 0 Å². The second kappa shape index (κ2) is 7.23. The Kier molecular flexibility index (Phi) is 5.00. The first-order chi connectivity index (χ1) is 12.8. The fourth-order valence-corrected chi connectivity index (χ4v) is 2.95. The Balaban J connectivity index is 1.93. The molecule has 4 heteroatoms. The molecule has 0 radical (unpaired) electrons. The molecular formula is C23H26N2O2. The summed E-state index contributed by atoms with van der Waals surface area (Å²) < 4.78 is 12.3. The molecule has 0 unspecified atom stereocenters. The Labute approximate surface area is 160 Å². The smallest absolute Gasteiger partial charge is 0.133 e. The molecule has 4 nitrogen and oxygen atoms in total. The van der Waals surface area contributed by atoms with Gasteiger partial charge < -0.3 is 20.9 Å². The van der Waals surface area contributed by atoms with Crippen molar-refractivity contribution in [2.45, 2.75) is 34.6 Å². The number of nitrogens with two attached hydrogens (primary N) is 2. The van der Waals surface area contributed by atoms with Gasteiger partial charge in [-0.15, -0.1) is 0 Å². The van der Waals surface area contributed by atoms with Gasteiger partial charge in [-0.05, 0) is 105 Å². The molecule has 3 aromatic carbocycles. The third-order valence-electron chi connectivity index (χ3n) is 4.91. The van der Waals surface area contributed by atoms with E-state index in [0.717, 1.165) is 62.2 Å². The molecule has 0 bridgehead atoms. The minimum absolute atomic E-state index is 0.758. The second-order valence-electron chi connectivity index (χ2n) is 7.01. The number of hydrogen-bond acceptors (Lipinski definition) is 4. The average Bonchev–Trinajstić information content (AvgIpc) is 2.62. The highest BCUT2D eigenvalue weighted by molar-refractivity contribution is 5.57. The van der Waals surface area contributed by atoms with Crippen LogP contribution in [0.2, 0.25) is 0 Å². The predicted octanol–water partition coefficient (Wildman–Crippen LogP) is 5.98. The van der Waals surface area contributed by atoms with E-state index in [4.69, 9.17) is 20.9 Å². The van der Waals surface area contributed by atoms with Crippen molar-refractivity contribution in [1.82, 2.24) is 0 Å². The summed E-state index contributed by atoms with van der Waals surface area (Å²) in [7, 11) is 0. The van der Waals surface area contributed by atoms with E-state index in [2.05, 4.69) is 0 Å². The maximum atomic E-state index is 6.17. The summed E-state index contributed by atoms with van der Waals surface area (Å²) in [6, 6.07) is 13.4. The summed E-state index contributed by atoms with van der Waals surface area (Å²) >= 11 is 0. The highest BCUT2D eigenvalue weighted by Crippen LogP contribution is 2.38. The van der Waals surface area contributed by atoms with Crippen LogP contribution in [0.3, 0.4) is 0 Å². The van der Waals surface area contributed by atoms with E-state index < -0.39 is 0 Å². The summed E-state index contributed by atoms with van der Waals surface area (Å²) in [5.74, 6) is 3.20. The third kappa shape index (κ3) is 3.85.